The largest absolute Gasteiger partial charge is 0.341 e. The van der Waals surface area contributed by atoms with E-state index in [4.69, 9.17) is 0 Å². The number of nitrogens with one attached hydrogen (secondary N) is 2. The van der Waals surface area contributed by atoms with E-state index in [9.17, 15) is 4.79 Å². The number of para-hydroxylation sites is 1. The highest BCUT2D eigenvalue weighted by atomic mass is 32.1. The molecule has 0 aliphatic heterocycles. The minimum atomic E-state index is -0.353. The van der Waals surface area contributed by atoms with Gasteiger partial charge in [-0.1, -0.05) is 30.3 Å². The number of hydrazone groups is 1. The van der Waals surface area contributed by atoms with Crippen molar-refractivity contribution in [2.45, 2.75) is 13.5 Å². The SMILES string of the molecule is CCn1c2ccccc2c2cc(/C=N\NC(=O)c3cc(-c4cccs4)[nH]n3)ccc21. The van der Waals surface area contributed by atoms with Crippen LogP contribution < -0.4 is 5.43 Å². The van der Waals surface area contributed by atoms with Gasteiger partial charge in [0.2, 0.25) is 0 Å². The minimum Gasteiger partial charge on any atom is -0.341 e. The van der Waals surface area contributed by atoms with Crippen LogP contribution in [0.2, 0.25) is 0 Å². The summed E-state index contributed by atoms with van der Waals surface area (Å²) in [5.41, 5.74) is 7.00. The summed E-state index contributed by atoms with van der Waals surface area (Å²) in [6.45, 7) is 3.06. The molecule has 7 heteroatoms. The molecule has 5 aromatic rings. The van der Waals surface area contributed by atoms with Crippen LogP contribution in [-0.2, 0) is 6.54 Å². The molecule has 2 aromatic carbocycles. The number of aromatic amines is 1. The topological polar surface area (TPSA) is 75.1 Å². The summed E-state index contributed by atoms with van der Waals surface area (Å²) in [4.78, 5) is 13.4. The monoisotopic (exact) mass is 413 g/mol. The lowest BCUT2D eigenvalue weighted by molar-refractivity contribution is 0.0950. The van der Waals surface area contributed by atoms with E-state index in [1.807, 2.05) is 23.6 Å². The molecule has 1 amide bonds. The molecule has 0 saturated heterocycles. The molecule has 0 bridgehead atoms. The van der Waals surface area contributed by atoms with Crippen LogP contribution in [0.5, 0.6) is 0 Å². The molecule has 3 aromatic heterocycles. The van der Waals surface area contributed by atoms with E-state index in [0.717, 1.165) is 22.7 Å². The number of thiophene rings is 1. The normalized spacial score (nSPS) is 11.6. The zero-order chi connectivity index (χ0) is 20.5. The highest BCUT2D eigenvalue weighted by molar-refractivity contribution is 7.13. The number of nitrogens with zero attached hydrogens (tertiary/aromatic N) is 3. The van der Waals surface area contributed by atoms with Gasteiger partial charge in [0.15, 0.2) is 5.69 Å². The van der Waals surface area contributed by atoms with Gasteiger partial charge in [-0.25, -0.2) is 5.43 Å². The van der Waals surface area contributed by atoms with Crippen LogP contribution in [0.1, 0.15) is 23.0 Å². The smallest absolute Gasteiger partial charge is 0.291 e. The lowest BCUT2D eigenvalue weighted by atomic mass is 10.1. The van der Waals surface area contributed by atoms with E-state index in [1.54, 1.807) is 23.6 Å². The molecule has 2 N–H and O–H groups in total. The Morgan fingerprint density at radius 2 is 2.00 bits per heavy atom. The first-order chi connectivity index (χ1) is 14.7. The maximum Gasteiger partial charge on any atom is 0.291 e. The number of H-pyrrole nitrogens is 1. The molecule has 0 unspecified atom stereocenters. The number of carbonyl (C=O) groups excluding carboxylic acids is 1. The van der Waals surface area contributed by atoms with Crippen LogP contribution in [0.25, 0.3) is 32.4 Å². The maximum absolute atomic E-state index is 12.3. The molecular weight excluding hydrogens is 394 g/mol. The molecule has 0 radical (unpaired) electrons. The van der Waals surface area contributed by atoms with Gasteiger partial charge in [-0.3, -0.25) is 9.89 Å². The predicted octanol–water partition coefficient (Wildman–Crippen LogP) is 5.03. The minimum absolute atomic E-state index is 0.303. The Hall–Kier alpha value is -3.71. The number of benzene rings is 2. The van der Waals surface area contributed by atoms with Gasteiger partial charge in [-0.05, 0) is 48.2 Å². The van der Waals surface area contributed by atoms with Gasteiger partial charge in [0.05, 0.1) is 16.8 Å². The summed E-state index contributed by atoms with van der Waals surface area (Å²) in [6.07, 6.45) is 1.65. The van der Waals surface area contributed by atoms with Crippen LogP contribution in [0.3, 0.4) is 0 Å². The Kier molecular flexibility index (Phi) is 4.65. The van der Waals surface area contributed by atoms with Crippen LogP contribution in [0.4, 0.5) is 0 Å². The molecule has 148 valence electrons. The van der Waals surface area contributed by atoms with Gasteiger partial charge in [-0.15, -0.1) is 11.3 Å². The van der Waals surface area contributed by atoms with Crippen LogP contribution >= 0.6 is 11.3 Å². The number of hydrogen-bond acceptors (Lipinski definition) is 4. The molecule has 0 fully saturated rings. The van der Waals surface area contributed by atoms with Crippen molar-refractivity contribution in [3.8, 4) is 10.6 Å². The predicted molar refractivity (Wildman–Crippen MR) is 122 cm³/mol. The second-order valence-corrected chi connectivity index (χ2v) is 7.83. The van der Waals surface area contributed by atoms with Crippen molar-refractivity contribution in [3.05, 3.63) is 77.3 Å². The van der Waals surface area contributed by atoms with Gasteiger partial charge >= 0.3 is 0 Å². The summed E-state index contributed by atoms with van der Waals surface area (Å²) in [5.74, 6) is -0.353. The third kappa shape index (κ3) is 3.19. The van der Waals surface area contributed by atoms with Crippen molar-refractivity contribution < 1.29 is 4.79 Å². The summed E-state index contributed by atoms with van der Waals surface area (Å²) >= 11 is 1.59. The van der Waals surface area contributed by atoms with Gasteiger partial charge in [-0.2, -0.15) is 10.2 Å². The molecule has 3 heterocycles. The quantitative estimate of drug-likeness (QED) is 0.313. The standard InChI is InChI=1S/C23H19N5OS/c1-2-28-20-7-4-3-6-16(20)17-12-15(9-10-21(17)28)14-24-27-23(29)19-13-18(25-26-19)22-8-5-11-30-22/h3-14H,2H2,1H3,(H,25,26)(H,27,29)/b24-14-. The Balaban J connectivity index is 1.37. The number of hydrogen-bond donors (Lipinski definition) is 2. The number of rotatable bonds is 5. The van der Waals surface area contributed by atoms with E-state index in [0.29, 0.717) is 5.69 Å². The van der Waals surface area contributed by atoms with Crippen molar-refractivity contribution in [3.63, 3.8) is 0 Å². The van der Waals surface area contributed by atoms with Crippen molar-refractivity contribution in [2.24, 2.45) is 5.10 Å². The van der Waals surface area contributed by atoms with Gasteiger partial charge in [0, 0.05) is 28.4 Å². The van der Waals surface area contributed by atoms with Crippen molar-refractivity contribution in [1.82, 2.24) is 20.2 Å². The molecule has 0 aliphatic rings. The van der Waals surface area contributed by atoms with Crippen molar-refractivity contribution >= 4 is 45.3 Å². The van der Waals surface area contributed by atoms with E-state index >= 15 is 0 Å². The zero-order valence-electron chi connectivity index (χ0n) is 16.3. The fraction of sp³-hybridized carbons (Fsp3) is 0.0870. The Morgan fingerprint density at radius 3 is 2.83 bits per heavy atom. The van der Waals surface area contributed by atoms with Gasteiger partial charge in [0.25, 0.3) is 5.91 Å². The van der Waals surface area contributed by atoms with E-state index < -0.39 is 0 Å². The molecule has 5 rings (SSSR count). The molecular formula is C23H19N5OS. The second kappa shape index (κ2) is 7.61. The van der Waals surface area contributed by atoms with Crippen LogP contribution in [0, 0.1) is 0 Å². The highest BCUT2D eigenvalue weighted by Gasteiger charge is 2.12. The zero-order valence-corrected chi connectivity index (χ0v) is 17.1. The van der Waals surface area contributed by atoms with E-state index in [-0.39, 0.29) is 5.91 Å². The Labute approximate surface area is 176 Å². The maximum atomic E-state index is 12.3. The van der Waals surface area contributed by atoms with Gasteiger partial charge in [0.1, 0.15) is 0 Å². The average molecular weight is 414 g/mol. The van der Waals surface area contributed by atoms with Gasteiger partial charge < -0.3 is 4.57 Å². The van der Waals surface area contributed by atoms with Crippen LogP contribution in [-0.4, -0.2) is 26.9 Å². The number of aromatic nitrogens is 3. The van der Waals surface area contributed by atoms with Crippen LogP contribution in [0.15, 0.2) is 71.1 Å². The fourth-order valence-electron chi connectivity index (χ4n) is 3.71. The molecule has 0 aliphatic carbocycles. The number of amides is 1. The summed E-state index contributed by atoms with van der Waals surface area (Å²) in [7, 11) is 0. The van der Waals surface area contributed by atoms with Crippen molar-refractivity contribution in [1.29, 1.82) is 0 Å². The first kappa shape index (κ1) is 18.3. The lowest BCUT2D eigenvalue weighted by Crippen LogP contribution is -2.17. The lowest BCUT2D eigenvalue weighted by Gasteiger charge is -2.02. The Morgan fingerprint density at radius 1 is 1.13 bits per heavy atom. The molecule has 0 spiro atoms. The van der Waals surface area contributed by atoms with Crippen molar-refractivity contribution in [2.75, 3.05) is 0 Å². The fourth-order valence-corrected chi connectivity index (χ4v) is 4.40. The molecule has 0 atom stereocenters. The molecule has 0 saturated carbocycles. The third-order valence-electron chi connectivity index (χ3n) is 5.09. The first-order valence-corrected chi connectivity index (χ1v) is 10.6. The van der Waals surface area contributed by atoms with E-state index in [1.165, 1.54) is 21.8 Å². The molecule has 6 nitrogen and oxygen atoms in total. The highest BCUT2D eigenvalue weighted by Crippen LogP contribution is 2.29. The second-order valence-electron chi connectivity index (χ2n) is 6.88. The number of carbonyl (C=O) groups is 1. The first-order valence-electron chi connectivity index (χ1n) is 9.68. The Bertz CT molecular complexity index is 1380. The number of fused-ring (bicyclic) bond motifs is 3. The van der Waals surface area contributed by atoms with E-state index in [2.05, 4.69) is 68.6 Å². The third-order valence-corrected chi connectivity index (χ3v) is 5.99. The molecule has 30 heavy (non-hydrogen) atoms. The summed E-state index contributed by atoms with van der Waals surface area (Å²) in [6, 6.07) is 20.3. The summed E-state index contributed by atoms with van der Waals surface area (Å²) < 4.78 is 2.30. The summed E-state index contributed by atoms with van der Waals surface area (Å²) in [5, 5.41) is 15.5. The average Bonchev–Trinajstić information content (AvgIpc) is 3.51. The number of aryl methyl sites for hydroxylation is 1.